The third-order valence-corrected chi connectivity index (χ3v) is 6.91. The Labute approximate surface area is 228 Å². The number of aryl methyl sites for hydroxylation is 2. The fourth-order valence-electron chi connectivity index (χ4n) is 5.07. The molecule has 10 heteroatoms. The minimum absolute atomic E-state index is 0.0981. The molecule has 0 fully saturated rings. The molecule has 0 saturated heterocycles. The SMILES string of the molecule is CCCC(C)C(C(=O)Nc1c(C)cccc1C)N1C(=O)c2cc(NC(C)=O)ccc2NC(=O)[C@@H]1CCC(=O)O. The molecule has 0 spiro atoms. The molecule has 2 aromatic rings. The molecule has 1 aliphatic rings. The van der Waals surface area contributed by atoms with Gasteiger partial charge in [0.05, 0.1) is 11.3 Å². The van der Waals surface area contributed by atoms with Gasteiger partial charge in [-0.2, -0.15) is 0 Å². The first-order chi connectivity index (χ1) is 18.4. The summed E-state index contributed by atoms with van der Waals surface area (Å²) in [5.41, 5.74) is 2.99. The predicted octanol–water partition coefficient (Wildman–Crippen LogP) is 4.33. The van der Waals surface area contributed by atoms with Gasteiger partial charge in [0.15, 0.2) is 0 Å². The number of carbonyl (C=O) groups excluding carboxylic acids is 4. The van der Waals surface area contributed by atoms with E-state index in [1.54, 1.807) is 6.07 Å². The van der Waals surface area contributed by atoms with Crippen LogP contribution in [-0.2, 0) is 19.2 Å². The summed E-state index contributed by atoms with van der Waals surface area (Å²) in [6.07, 6.45) is 0.764. The minimum Gasteiger partial charge on any atom is -0.481 e. The van der Waals surface area contributed by atoms with Crippen LogP contribution in [0, 0.1) is 19.8 Å². The number of carboxylic acids is 1. The van der Waals surface area contributed by atoms with E-state index in [0.717, 1.165) is 17.5 Å². The normalized spacial score (nSPS) is 16.4. The van der Waals surface area contributed by atoms with Gasteiger partial charge in [0.2, 0.25) is 17.7 Å². The molecule has 0 radical (unpaired) electrons. The zero-order valence-electron chi connectivity index (χ0n) is 23.0. The van der Waals surface area contributed by atoms with E-state index in [2.05, 4.69) is 16.0 Å². The Balaban J connectivity index is 2.16. The molecule has 3 rings (SSSR count). The van der Waals surface area contributed by atoms with Crippen LogP contribution in [0.25, 0.3) is 0 Å². The number of carboxylic acid groups (broad SMARTS) is 1. The zero-order chi connectivity index (χ0) is 28.9. The molecule has 208 valence electrons. The fourth-order valence-corrected chi connectivity index (χ4v) is 5.07. The Kier molecular flexibility index (Phi) is 9.45. The third kappa shape index (κ3) is 6.81. The van der Waals surface area contributed by atoms with Crippen LogP contribution in [0.15, 0.2) is 36.4 Å². The maximum atomic E-state index is 14.2. The van der Waals surface area contributed by atoms with Crippen LogP contribution >= 0.6 is 0 Å². The van der Waals surface area contributed by atoms with Crippen LogP contribution in [-0.4, -0.2) is 51.7 Å². The average molecular weight is 537 g/mol. The second-order valence-electron chi connectivity index (χ2n) is 10.1. The van der Waals surface area contributed by atoms with E-state index >= 15 is 0 Å². The van der Waals surface area contributed by atoms with Crippen molar-refractivity contribution in [3.05, 3.63) is 53.1 Å². The summed E-state index contributed by atoms with van der Waals surface area (Å²) in [5, 5.41) is 17.7. The van der Waals surface area contributed by atoms with E-state index in [4.69, 9.17) is 0 Å². The molecule has 2 unspecified atom stereocenters. The summed E-state index contributed by atoms with van der Waals surface area (Å²) in [5.74, 6) is -3.46. The van der Waals surface area contributed by atoms with Gasteiger partial charge in [-0.1, -0.05) is 38.5 Å². The molecular formula is C29H36N4O6. The number of para-hydroxylation sites is 1. The molecule has 1 aliphatic heterocycles. The monoisotopic (exact) mass is 536 g/mol. The lowest BCUT2D eigenvalue weighted by Crippen LogP contribution is -2.57. The number of benzene rings is 2. The van der Waals surface area contributed by atoms with Crippen molar-refractivity contribution in [3.8, 4) is 0 Å². The highest BCUT2D eigenvalue weighted by Gasteiger charge is 2.44. The molecule has 0 saturated carbocycles. The van der Waals surface area contributed by atoms with Crippen molar-refractivity contribution in [2.75, 3.05) is 16.0 Å². The summed E-state index contributed by atoms with van der Waals surface area (Å²) in [6.45, 7) is 8.88. The molecule has 2 aromatic carbocycles. The molecule has 0 aromatic heterocycles. The Bertz CT molecular complexity index is 1270. The van der Waals surface area contributed by atoms with Crippen molar-refractivity contribution in [2.45, 2.75) is 72.4 Å². The largest absolute Gasteiger partial charge is 0.481 e. The smallest absolute Gasteiger partial charge is 0.303 e. The third-order valence-electron chi connectivity index (χ3n) is 6.91. The summed E-state index contributed by atoms with van der Waals surface area (Å²) in [4.78, 5) is 66.1. The minimum atomic E-state index is -1.21. The second-order valence-corrected chi connectivity index (χ2v) is 10.1. The second kappa shape index (κ2) is 12.6. The van der Waals surface area contributed by atoms with Gasteiger partial charge in [-0.25, -0.2) is 0 Å². The Hall–Kier alpha value is -4.21. The zero-order valence-corrected chi connectivity index (χ0v) is 23.0. The molecule has 4 amide bonds. The molecule has 10 nitrogen and oxygen atoms in total. The lowest BCUT2D eigenvalue weighted by molar-refractivity contribution is -0.137. The molecule has 0 bridgehead atoms. The highest BCUT2D eigenvalue weighted by molar-refractivity contribution is 6.12. The van der Waals surface area contributed by atoms with E-state index in [9.17, 15) is 29.1 Å². The maximum absolute atomic E-state index is 14.2. The van der Waals surface area contributed by atoms with Crippen LogP contribution < -0.4 is 16.0 Å². The van der Waals surface area contributed by atoms with Gasteiger partial charge in [0.1, 0.15) is 12.1 Å². The number of carbonyl (C=O) groups is 5. The van der Waals surface area contributed by atoms with Crippen LogP contribution in [0.4, 0.5) is 17.1 Å². The lowest BCUT2D eigenvalue weighted by Gasteiger charge is -2.38. The molecule has 4 N–H and O–H groups in total. The van der Waals surface area contributed by atoms with Gasteiger partial charge >= 0.3 is 5.97 Å². The molecule has 1 heterocycles. The van der Waals surface area contributed by atoms with Crippen molar-refractivity contribution in [1.82, 2.24) is 4.90 Å². The summed E-state index contributed by atoms with van der Waals surface area (Å²) in [6, 6.07) is 7.85. The average Bonchev–Trinajstić information content (AvgIpc) is 2.94. The van der Waals surface area contributed by atoms with Gasteiger partial charge in [0, 0.05) is 24.7 Å². The molecular weight excluding hydrogens is 500 g/mol. The Morgan fingerprint density at radius 3 is 2.33 bits per heavy atom. The van der Waals surface area contributed by atoms with E-state index in [1.807, 2.05) is 45.9 Å². The lowest BCUT2D eigenvalue weighted by atomic mass is 9.91. The number of amides is 4. The van der Waals surface area contributed by atoms with E-state index in [-0.39, 0.29) is 35.9 Å². The summed E-state index contributed by atoms with van der Waals surface area (Å²) >= 11 is 0. The molecule has 39 heavy (non-hydrogen) atoms. The highest BCUT2D eigenvalue weighted by Crippen LogP contribution is 2.32. The number of anilines is 3. The van der Waals surface area contributed by atoms with Crippen molar-refractivity contribution in [2.24, 2.45) is 5.92 Å². The Morgan fingerprint density at radius 2 is 1.74 bits per heavy atom. The van der Waals surface area contributed by atoms with Gasteiger partial charge in [-0.3, -0.25) is 24.0 Å². The number of fused-ring (bicyclic) bond motifs is 1. The number of hydrogen-bond donors (Lipinski definition) is 4. The fraction of sp³-hybridized carbons (Fsp3) is 0.414. The number of aliphatic carboxylic acids is 1. The van der Waals surface area contributed by atoms with Gasteiger partial charge < -0.3 is 26.0 Å². The van der Waals surface area contributed by atoms with Crippen LogP contribution in [0.2, 0.25) is 0 Å². The topological polar surface area (TPSA) is 145 Å². The molecule has 3 atom stereocenters. The Morgan fingerprint density at radius 1 is 1.08 bits per heavy atom. The van der Waals surface area contributed by atoms with Gasteiger partial charge in [-0.15, -0.1) is 0 Å². The van der Waals surface area contributed by atoms with Crippen LogP contribution in [0.1, 0.15) is 67.9 Å². The van der Waals surface area contributed by atoms with Crippen molar-refractivity contribution in [1.29, 1.82) is 0 Å². The standard InChI is InChI=1S/C29H36N4O6/c1-6-8-18(4)26(28(38)32-25-16(2)9-7-10-17(25)3)33-23(13-14-24(35)36)27(37)31-22-12-11-20(30-19(5)34)15-21(22)29(33)39/h7,9-12,15,18,23,26H,6,8,13-14H2,1-5H3,(H,30,34)(H,31,37)(H,32,38)(H,35,36)/t18?,23-,26?/m0/s1. The number of nitrogens with zero attached hydrogens (tertiary/aromatic N) is 1. The first-order valence-corrected chi connectivity index (χ1v) is 13.1. The highest BCUT2D eigenvalue weighted by atomic mass is 16.4. The van der Waals surface area contributed by atoms with Crippen LogP contribution in [0.3, 0.4) is 0 Å². The van der Waals surface area contributed by atoms with Crippen molar-refractivity contribution < 1.29 is 29.1 Å². The summed E-state index contributed by atoms with van der Waals surface area (Å²) < 4.78 is 0. The van der Waals surface area contributed by atoms with Gasteiger partial charge in [-0.05, 0) is 61.9 Å². The number of hydrogen-bond acceptors (Lipinski definition) is 5. The van der Waals surface area contributed by atoms with E-state index < -0.39 is 35.8 Å². The van der Waals surface area contributed by atoms with Crippen LogP contribution in [0.5, 0.6) is 0 Å². The van der Waals surface area contributed by atoms with Crippen molar-refractivity contribution >= 4 is 46.7 Å². The van der Waals surface area contributed by atoms with E-state index in [0.29, 0.717) is 17.8 Å². The quantitative estimate of drug-likeness (QED) is 0.356. The van der Waals surface area contributed by atoms with Gasteiger partial charge in [0.25, 0.3) is 5.91 Å². The number of rotatable bonds is 10. The van der Waals surface area contributed by atoms with Crippen molar-refractivity contribution in [3.63, 3.8) is 0 Å². The first-order valence-electron chi connectivity index (χ1n) is 13.1. The first kappa shape index (κ1) is 29.3. The molecule has 0 aliphatic carbocycles. The maximum Gasteiger partial charge on any atom is 0.303 e. The predicted molar refractivity (Wildman–Crippen MR) is 149 cm³/mol. The summed E-state index contributed by atoms with van der Waals surface area (Å²) in [7, 11) is 0. The number of nitrogens with one attached hydrogen (secondary N) is 3. The van der Waals surface area contributed by atoms with E-state index in [1.165, 1.54) is 24.0 Å².